The van der Waals surface area contributed by atoms with Gasteiger partial charge in [-0.15, -0.1) is 6.58 Å². The number of rotatable bonds is 10. The van der Waals surface area contributed by atoms with Crippen LogP contribution >= 0.6 is 0 Å². The molecule has 0 N–H and O–H groups in total. The fraction of sp³-hybridized carbons (Fsp3) is 0.500. The summed E-state index contributed by atoms with van der Waals surface area (Å²) in [6.45, 7) is 11.3. The molecule has 0 heterocycles. The summed E-state index contributed by atoms with van der Waals surface area (Å²) in [4.78, 5) is 27.7. The molecule has 0 unspecified atom stereocenters. The molecule has 0 amide bonds. The number of anilines is 1. The lowest BCUT2D eigenvalue weighted by molar-refractivity contribution is -0.164. The quantitative estimate of drug-likeness (QED) is 0.361. The second-order valence-electron chi connectivity index (χ2n) is 5.96. The highest BCUT2D eigenvalue weighted by Crippen LogP contribution is 2.33. The van der Waals surface area contributed by atoms with E-state index in [1.54, 1.807) is 50.1 Å². The van der Waals surface area contributed by atoms with Crippen LogP contribution in [0.4, 0.5) is 5.69 Å². The summed E-state index contributed by atoms with van der Waals surface area (Å²) in [6, 6.07) is 6.97. The van der Waals surface area contributed by atoms with Gasteiger partial charge in [-0.25, -0.2) is 9.59 Å². The van der Waals surface area contributed by atoms with E-state index in [4.69, 9.17) is 14.2 Å². The summed E-state index contributed by atoms with van der Waals surface area (Å²) in [7, 11) is 1.58. The maximum Gasteiger partial charge on any atom is 0.344 e. The zero-order valence-corrected chi connectivity index (χ0v) is 16.3. The van der Waals surface area contributed by atoms with Crippen molar-refractivity contribution in [2.45, 2.75) is 45.7 Å². The standard InChI is InChI=1S/C20H29NO5/c1-7-14-20(18(22)25-8-2,19(23)26-9-3)21(15(4)5)16-10-12-17(24-6)13-11-16/h7,10-13,15H,1,8-9,14H2,2-6H3. The first-order chi connectivity index (χ1) is 12.4. The molecule has 0 fully saturated rings. The molecule has 0 aromatic heterocycles. The SMILES string of the molecule is C=CCC(C(=O)OCC)(C(=O)OCC)N(c1ccc(OC)cc1)C(C)C. The zero-order valence-electron chi connectivity index (χ0n) is 16.3. The second kappa shape index (κ2) is 9.85. The van der Waals surface area contributed by atoms with Crippen LogP contribution in [0, 0.1) is 0 Å². The average Bonchev–Trinajstić information content (AvgIpc) is 2.61. The number of esters is 2. The number of carbonyl (C=O) groups is 2. The van der Waals surface area contributed by atoms with Gasteiger partial charge in [-0.05, 0) is 52.0 Å². The van der Waals surface area contributed by atoms with Gasteiger partial charge < -0.3 is 19.1 Å². The Morgan fingerprint density at radius 1 is 1.12 bits per heavy atom. The molecule has 0 spiro atoms. The maximum absolute atomic E-state index is 13.0. The first kappa shape index (κ1) is 21.5. The largest absolute Gasteiger partial charge is 0.497 e. The van der Waals surface area contributed by atoms with Crippen LogP contribution in [0.5, 0.6) is 5.75 Å². The predicted molar refractivity (Wildman–Crippen MR) is 101 cm³/mol. The molecule has 0 aliphatic rings. The number of methoxy groups -OCH3 is 1. The van der Waals surface area contributed by atoms with Crippen LogP contribution in [0.2, 0.25) is 0 Å². The van der Waals surface area contributed by atoms with Crippen LogP contribution in [0.15, 0.2) is 36.9 Å². The van der Waals surface area contributed by atoms with Crippen LogP contribution in [0.25, 0.3) is 0 Å². The highest BCUT2D eigenvalue weighted by Gasteiger charge is 2.54. The number of carbonyl (C=O) groups excluding carboxylic acids is 2. The van der Waals surface area contributed by atoms with Crippen molar-refractivity contribution in [1.82, 2.24) is 0 Å². The third kappa shape index (κ3) is 4.36. The summed E-state index contributed by atoms with van der Waals surface area (Å²) < 4.78 is 15.7. The van der Waals surface area contributed by atoms with Gasteiger partial charge >= 0.3 is 11.9 Å². The van der Waals surface area contributed by atoms with Crippen molar-refractivity contribution in [1.29, 1.82) is 0 Å². The molecule has 144 valence electrons. The van der Waals surface area contributed by atoms with Crippen molar-refractivity contribution in [2.75, 3.05) is 25.2 Å². The summed E-state index contributed by atoms with van der Waals surface area (Å²) in [5.74, 6) is -0.621. The van der Waals surface area contributed by atoms with Crippen molar-refractivity contribution in [2.24, 2.45) is 0 Å². The van der Waals surface area contributed by atoms with Crippen LogP contribution in [-0.2, 0) is 19.1 Å². The van der Waals surface area contributed by atoms with Crippen LogP contribution in [0.1, 0.15) is 34.1 Å². The minimum absolute atomic E-state index is 0.0644. The van der Waals surface area contributed by atoms with Gasteiger partial charge in [-0.1, -0.05) is 6.08 Å². The fourth-order valence-electron chi connectivity index (χ4n) is 2.96. The van der Waals surface area contributed by atoms with E-state index in [-0.39, 0.29) is 25.7 Å². The molecule has 1 aromatic rings. The Bertz CT molecular complexity index is 591. The third-order valence-electron chi connectivity index (χ3n) is 3.94. The molecule has 1 aromatic carbocycles. The van der Waals surface area contributed by atoms with Gasteiger partial charge in [0, 0.05) is 18.2 Å². The Hall–Kier alpha value is -2.50. The van der Waals surface area contributed by atoms with Crippen molar-refractivity contribution < 1.29 is 23.8 Å². The number of benzene rings is 1. The number of nitrogens with zero attached hydrogens (tertiary/aromatic N) is 1. The zero-order chi connectivity index (χ0) is 19.7. The van der Waals surface area contributed by atoms with E-state index in [1.807, 2.05) is 13.8 Å². The Kier molecular flexibility index (Phi) is 8.16. The molecule has 1 rings (SSSR count). The molecule has 0 saturated carbocycles. The van der Waals surface area contributed by atoms with Gasteiger partial charge in [0.05, 0.1) is 20.3 Å². The van der Waals surface area contributed by atoms with Crippen LogP contribution in [0.3, 0.4) is 0 Å². The summed E-state index contributed by atoms with van der Waals surface area (Å²) in [5, 5.41) is 0. The van der Waals surface area contributed by atoms with Crippen LogP contribution < -0.4 is 9.64 Å². The minimum atomic E-state index is -1.64. The van der Waals surface area contributed by atoms with E-state index < -0.39 is 17.5 Å². The van der Waals surface area contributed by atoms with E-state index >= 15 is 0 Å². The van der Waals surface area contributed by atoms with Gasteiger partial charge in [-0.2, -0.15) is 0 Å². The molecule has 0 aliphatic heterocycles. The molecule has 0 bridgehead atoms. The molecule has 0 radical (unpaired) electrons. The molecule has 0 atom stereocenters. The lowest BCUT2D eigenvalue weighted by Crippen LogP contribution is -2.63. The van der Waals surface area contributed by atoms with Crippen molar-refractivity contribution in [3.8, 4) is 5.75 Å². The van der Waals surface area contributed by atoms with Gasteiger partial charge in [0.25, 0.3) is 0 Å². The predicted octanol–water partition coefficient (Wildman–Crippen LogP) is 3.35. The number of hydrogen-bond donors (Lipinski definition) is 0. The van der Waals surface area contributed by atoms with Crippen molar-refractivity contribution in [3.05, 3.63) is 36.9 Å². The second-order valence-corrected chi connectivity index (χ2v) is 5.96. The van der Waals surface area contributed by atoms with Gasteiger partial charge in [-0.3, -0.25) is 0 Å². The van der Waals surface area contributed by atoms with Gasteiger partial charge in [0.15, 0.2) is 0 Å². The van der Waals surface area contributed by atoms with E-state index in [0.717, 1.165) is 0 Å². The average molecular weight is 363 g/mol. The lowest BCUT2D eigenvalue weighted by Gasteiger charge is -2.43. The molecule has 0 aliphatic carbocycles. The highest BCUT2D eigenvalue weighted by atomic mass is 16.6. The Labute approximate surface area is 155 Å². The first-order valence-electron chi connectivity index (χ1n) is 8.77. The van der Waals surface area contributed by atoms with E-state index in [9.17, 15) is 9.59 Å². The summed E-state index contributed by atoms with van der Waals surface area (Å²) in [6.07, 6.45) is 1.60. The molecular weight excluding hydrogens is 334 g/mol. The number of hydrogen-bond acceptors (Lipinski definition) is 6. The normalized spacial score (nSPS) is 11.0. The van der Waals surface area contributed by atoms with E-state index in [2.05, 4.69) is 6.58 Å². The smallest absolute Gasteiger partial charge is 0.344 e. The molecule has 6 nitrogen and oxygen atoms in total. The lowest BCUT2D eigenvalue weighted by atomic mass is 9.90. The minimum Gasteiger partial charge on any atom is -0.497 e. The molecule has 0 saturated heterocycles. The van der Waals surface area contributed by atoms with Gasteiger partial charge in [0.1, 0.15) is 5.75 Å². The van der Waals surface area contributed by atoms with Crippen molar-refractivity contribution >= 4 is 17.6 Å². The molecule has 26 heavy (non-hydrogen) atoms. The van der Waals surface area contributed by atoms with Gasteiger partial charge in [0.2, 0.25) is 5.54 Å². The van der Waals surface area contributed by atoms with E-state index in [0.29, 0.717) is 11.4 Å². The Balaban J connectivity index is 3.60. The Morgan fingerprint density at radius 3 is 1.96 bits per heavy atom. The molecule has 6 heteroatoms. The Morgan fingerprint density at radius 2 is 1.62 bits per heavy atom. The monoisotopic (exact) mass is 363 g/mol. The summed E-state index contributed by atoms with van der Waals surface area (Å²) >= 11 is 0. The summed E-state index contributed by atoms with van der Waals surface area (Å²) in [5.41, 5.74) is -0.958. The fourth-order valence-corrected chi connectivity index (χ4v) is 2.96. The van der Waals surface area contributed by atoms with E-state index in [1.165, 1.54) is 6.08 Å². The van der Waals surface area contributed by atoms with Crippen molar-refractivity contribution in [3.63, 3.8) is 0 Å². The highest BCUT2D eigenvalue weighted by molar-refractivity contribution is 6.08. The third-order valence-corrected chi connectivity index (χ3v) is 3.94. The molecular formula is C20H29NO5. The first-order valence-corrected chi connectivity index (χ1v) is 8.77. The maximum atomic E-state index is 13.0. The van der Waals surface area contributed by atoms with Crippen LogP contribution in [-0.4, -0.2) is 43.8 Å². The topological polar surface area (TPSA) is 65.1 Å². The number of ether oxygens (including phenoxy) is 3.